The fourth-order valence-electron chi connectivity index (χ4n) is 2.97. The smallest absolute Gasteiger partial charge is 0.341 e. The lowest BCUT2D eigenvalue weighted by Gasteiger charge is -2.18. The molecule has 0 amide bonds. The molecule has 4 nitrogen and oxygen atoms in total. The maximum Gasteiger partial charge on any atom is 0.341 e. The van der Waals surface area contributed by atoms with Crippen molar-refractivity contribution in [2.45, 2.75) is 51.3 Å². The number of thioether (sulfide) groups is 1. The third-order valence-corrected chi connectivity index (χ3v) is 5.93. The number of carboxylic acid groups (broad SMARTS) is 1. The van der Waals surface area contributed by atoms with Crippen molar-refractivity contribution in [3.63, 3.8) is 0 Å². The highest BCUT2D eigenvalue weighted by atomic mass is 32.2. The lowest BCUT2D eigenvalue weighted by Crippen LogP contribution is -2.15. The van der Waals surface area contributed by atoms with Crippen LogP contribution in [-0.4, -0.2) is 30.0 Å². The Bertz CT molecular complexity index is 758. The molecule has 158 valence electrons. The minimum Gasteiger partial charge on any atom is -0.493 e. The van der Waals surface area contributed by atoms with Crippen LogP contribution in [0, 0.1) is 19.8 Å². The van der Waals surface area contributed by atoms with Crippen molar-refractivity contribution in [2.24, 2.45) is 5.92 Å². The van der Waals surface area contributed by atoms with Gasteiger partial charge in [0.25, 0.3) is 0 Å². The van der Waals surface area contributed by atoms with Gasteiger partial charge in [-0.2, -0.15) is 0 Å². The molecule has 2 rings (SSSR count). The van der Waals surface area contributed by atoms with Gasteiger partial charge in [0.15, 0.2) is 6.61 Å². The van der Waals surface area contributed by atoms with Gasteiger partial charge < -0.3 is 14.6 Å². The molecule has 0 aromatic heterocycles. The quantitative estimate of drug-likeness (QED) is 0.314. The summed E-state index contributed by atoms with van der Waals surface area (Å²) in [6, 6.07) is 14.1. The lowest BCUT2D eigenvalue weighted by molar-refractivity contribution is -0.139. The van der Waals surface area contributed by atoms with E-state index in [1.807, 2.05) is 43.0 Å². The van der Waals surface area contributed by atoms with Gasteiger partial charge in [-0.3, -0.25) is 0 Å². The molecule has 0 fully saturated rings. The molecule has 1 N–H and O–H groups in total. The second-order valence-electron chi connectivity index (χ2n) is 7.41. The molecule has 0 heterocycles. The first-order chi connectivity index (χ1) is 14.0. The van der Waals surface area contributed by atoms with Crippen LogP contribution < -0.4 is 9.47 Å². The van der Waals surface area contributed by atoms with Crippen LogP contribution in [0.2, 0.25) is 0 Å². The molecule has 0 aliphatic rings. The molecule has 0 bridgehead atoms. The number of rotatable bonds is 13. The number of benzene rings is 2. The van der Waals surface area contributed by atoms with Crippen LogP contribution in [0.1, 0.15) is 43.7 Å². The van der Waals surface area contributed by atoms with Crippen LogP contribution in [0.25, 0.3) is 0 Å². The Morgan fingerprint density at radius 2 is 1.83 bits per heavy atom. The van der Waals surface area contributed by atoms with Gasteiger partial charge in [0.2, 0.25) is 0 Å². The van der Waals surface area contributed by atoms with Gasteiger partial charge >= 0.3 is 5.97 Å². The SMILES string of the molecule is CCCCCC(COc1ccc(C)cc1)CSc1ccc(OCC(=O)O)c(C)c1. The largest absolute Gasteiger partial charge is 0.493 e. The Morgan fingerprint density at radius 3 is 2.48 bits per heavy atom. The summed E-state index contributed by atoms with van der Waals surface area (Å²) in [5, 5.41) is 8.76. The summed E-state index contributed by atoms with van der Waals surface area (Å²) in [7, 11) is 0. The maximum atomic E-state index is 10.7. The van der Waals surface area contributed by atoms with Crippen molar-refractivity contribution in [3.8, 4) is 11.5 Å². The normalized spacial score (nSPS) is 11.8. The molecule has 2 aromatic rings. The van der Waals surface area contributed by atoms with Crippen LogP contribution in [0.3, 0.4) is 0 Å². The number of carboxylic acids is 1. The van der Waals surface area contributed by atoms with Gasteiger partial charge in [-0.25, -0.2) is 4.79 Å². The van der Waals surface area contributed by atoms with Crippen molar-refractivity contribution < 1.29 is 19.4 Å². The number of carbonyl (C=O) groups is 1. The van der Waals surface area contributed by atoms with Gasteiger partial charge in [-0.15, -0.1) is 11.8 Å². The molecular weight excluding hydrogens is 384 g/mol. The number of hydrogen-bond donors (Lipinski definition) is 1. The van der Waals surface area contributed by atoms with Crippen LogP contribution in [0.4, 0.5) is 0 Å². The number of unbranched alkanes of at least 4 members (excludes halogenated alkanes) is 2. The predicted molar refractivity (Wildman–Crippen MR) is 119 cm³/mol. The van der Waals surface area contributed by atoms with E-state index in [0.717, 1.165) is 30.1 Å². The second-order valence-corrected chi connectivity index (χ2v) is 8.50. The molecule has 0 aliphatic heterocycles. The predicted octanol–water partition coefficient (Wildman–Crippen LogP) is 6.13. The van der Waals surface area contributed by atoms with Crippen molar-refractivity contribution in [1.82, 2.24) is 0 Å². The molecule has 5 heteroatoms. The Hall–Kier alpha value is -2.14. The third kappa shape index (κ3) is 8.82. The third-order valence-electron chi connectivity index (χ3n) is 4.71. The number of ether oxygens (including phenoxy) is 2. The zero-order chi connectivity index (χ0) is 21.1. The lowest BCUT2D eigenvalue weighted by atomic mass is 10.0. The molecule has 0 radical (unpaired) electrons. The summed E-state index contributed by atoms with van der Waals surface area (Å²) < 4.78 is 11.4. The van der Waals surface area contributed by atoms with E-state index in [1.165, 1.54) is 29.7 Å². The summed E-state index contributed by atoms with van der Waals surface area (Å²) in [5.41, 5.74) is 2.19. The van der Waals surface area contributed by atoms with E-state index in [1.54, 1.807) is 0 Å². The van der Waals surface area contributed by atoms with Gasteiger partial charge in [-0.1, -0.05) is 43.9 Å². The minimum absolute atomic E-state index is 0.316. The van der Waals surface area contributed by atoms with Crippen LogP contribution in [0.15, 0.2) is 47.4 Å². The fourth-order valence-corrected chi connectivity index (χ4v) is 4.09. The van der Waals surface area contributed by atoms with Crippen LogP contribution in [0.5, 0.6) is 11.5 Å². The van der Waals surface area contributed by atoms with Crippen LogP contribution in [-0.2, 0) is 4.79 Å². The fraction of sp³-hybridized carbons (Fsp3) is 0.458. The van der Waals surface area contributed by atoms with Gasteiger partial charge in [0.05, 0.1) is 6.61 Å². The van der Waals surface area contributed by atoms with E-state index in [9.17, 15) is 4.79 Å². The van der Waals surface area contributed by atoms with E-state index < -0.39 is 5.97 Å². The van der Waals surface area contributed by atoms with E-state index in [4.69, 9.17) is 14.6 Å². The van der Waals surface area contributed by atoms with Crippen molar-refractivity contribution in [2.75, 3.05) is 19.0 Å². The number of aryl methyl sites for hydroxylation is 2. The molecule has 0 spiro atoms. The molecule has 1 unspecified atom stereocenters. The van der Waals surface area contributed by atoms with Crippen molar-refractivity contribution in [3.05, 3.63) is 53.6 Å². The monoisotopic (exact) mass is 416 g/mol. The van der Waals surface area contributed by atoms with Gasteiger partial charge in [0.1, 0.15) is 11.5 Å². The van der Waals surface area contributed by atoms with Gasteiger partial charge in [0, 0.05) is 16.6 Å². The average Bonchev–Trinajstić information content (AvgIpc) is 2.70. The second kappa shape index (κ2) is 12.4. The van der Waals surface area contributed by atoms with Gasteiger partial charge in [-0.05, 0) is 56.2 Å². The molecular formula is C24H32O4S. The van der Waals surface area contributed by atoms with E-state index in [2.05, 4.69) is 32.0 Å². The number of hydrogen-bond acceptors (Lipinski definition) is 4. The standard InChI is InChI=1S/C24H32O4S/c1-4-5-6-7-20(15-27-21-10-8-18(2)9-11-21)17-29-22-12-13-23(19(3)14-22)28-16-24(25)26/h8-14,20H,4-7,15-17H2,1-3H3,(H,25,26). The highest BCUT2D eigenvalue weighted by Gasteiger charge is 2.12. The van der Waals surface area contributed by atoms with E-state index in [-0.39, 0.29) is 6.61 Å². The summed E-state index contributed by atoms with van der Waals surface area (Å²) in [6.07, 6.45) is 4.85. The molecule has 2 aromatic carbocycles. The summed E-state index contributed by atoms with van der Waals surface area (Å²) in [4.78, 5) is 11.8. The first-order valence-corrected chi connectivity index (χ1v) is 11.2. The summed E-state index contributed by atoms with van der Waals surface area (Å²) in [5.74, 6) is 2.06. The first-order valence-electron chi connectivity index (χ1n) is 10.3. The molecule has 0 saturated heterocycles. The Labute approximate surface area is 178 Å². The topological polar surface area (TPSA) is 55.8 Å². The minimum atomic E-state index is -0.966. The zero-order valence-corrected chi connectivity index (χ0v) is 18.5. The maximum absolute atomic E-state index is 10.7. The van der Waals surface area contributed by atoms with Crippen molar-refractivity contribution >= 4 is 17.7 Å². The molecule has 0 saturated carbocycles. The number of aliphatic carboxylic acids is 1. The molecule has 0 aliphatic carbocycles. The van der Waals surface area contributed by atoms with Crippen molar-refractivity contribution in [1.29, 1.82) is 0 Å². The highest BCUT2D eigenvalue weighted by Crippen LogP contribution is 2.28. The highest BCUT2D eigenvalue weighted by molar-refractivity contribution is 7.99. The average molecular weight is 417 g/mol. The Morgan fingerprint density at radius 1 is 1.07 bits per heavy atom. The zero-order valence-electron chi connectivity index (χ0n) is 17.6. The van der Waals surface area contributed by atoms with Crippen LogP contribution >= 0.6 is 11.8 Å². The Balaban J connectivity index is 1.90. The molecule has 1 atom stereocenters. The summed E-state index contributed by atoms with van der Waals surface area (Å²) in [6.45, 7) is 6.65. The van der Waals surface area contributed by atoms with E-state index >= 15 is 0 Å². The first kappa shape index (κ1) is 23.1. The Kier molecular flexibility index (Phi) is 9.92. The van der Waals surface area contributed by atoms with E-state index in [0.29, 0.717) is 11.7 Å². The summed E-state index contributed by atoms with van der Waals surface area (Å²) >= 11 is 1.82. The molecule has 29 heavy (non-hydrogen) atoms.